The number of benzene rings is 1. The number of hydrogen-bond acceptors (Lipinski definition) is 2. The van der Waals surface area contributed by atoms with Crippen LogP contribution in [0.15, 0.2) is 24.3 Å². The predicted octanol–water partition coefficient (Wildman–Crippen LogP) is 3.73. The van der Waals surface area contributed by atoms with Crippen molar-refractivity contribution in [3.8, 4) is 0 Å². The van der Waals surface area contributed by atoms with Gasteiger partial charge in [0, 0.05) is 17.2 Å². The third kappa shape index (κ3) is 3.83. The number of carbonyl (C=O) groups excluding carboxylic acids is 1. The fourth-order valence-corrected chi connectivity index (χ4v) is 2.04. The fourth-order valence-electron chi connectivity index (χ4n) is 1.92. The average molecular weight is 253 g/mol. The lowest BCUT2D eigenvalue weighted by molar-refractivity contribution is 0.0705. The zero-order valence-corrected chi connectivity index (χ0v) is 10.6. The molecule has 3 heteroatoms. The molecule has 0 bridgehead atoms. The van der Waals surface area contributed by atoms with Crippen LogP contribution in [-0.2, 0) is 4.74 Å². The van der Waals surface area contributed by atoms with Crippen LogP contribution < -0.4 is 0 Å². The Kier molecular flexibility index (Phi) is 4.57. The Balaban J connectivity index is 1.67. The third-order valence-electron chi connectivity index (χ3n) is 3.29. The van der Waals surface area contributed by atoms with E-state index in [-0.39, 0.29) is 12.4 Å². The third-order valence-corrected chi connectivity index (χ3v) is 3.55. The van der Waals surface area contributed by atoms with Gasteiger partial charge in [0.2, 0.25) is 0 Å². The molecule has 1 saturated carbocycles. The van der Waals surface area contributed by atoms with Crippen molar-refractivity contribution in [2.24, 2.45) is 5.92 Å². The van der Waals surface area contributed by atoms with Gasteiger partial charge in [-0.15, -0.1) is 0 Å². The van der Waals surface area contributed by atoms with Crippen LogP contribution in [0.1, 0.15) is 36.0 Å². The van der Waals surface area contributed by atoms with E-state index >= 15 is 0 Å². The number of ether oxygens (including phenoxy) is 1. The molecule has 0 saturated heterocycles. The molecule has 0 unspecified atom stereocenters. The smallest absolute Gasteiger partial charge is 0.188 e. The monoisotopic (exact) mass is 252 g/mol. The Hall–Kier alpha value is -0.860. The molecule has 17 heavy (non-hydrogen) atoms. The second-order valence-corrected chi connectivity index (χ2v) is 5.00. The Morgan fingerprint density at radius 1 is 1.29 bits per heavy atom. The van der Waals surface area contributed by atoms with Crippen molar-refractivity contribution in [1.29, 1.82) is 0 Å². The van der Waals surface area contributed by atoms with Crippen LogP contribution in [0.5, 0.6) is 0 Å². The highest BCUT2D eigenvalue weighted by molar-refractivity contribution is 6.30. The van der Waals surface area contributed by atoms with Crippen LogP contribution in [0.25, 0.3) is 0 Å². The largest absolute Gasteiger partial charge is 0.373 e. The molecule has 1 fully saturated rings. The van der Waals surface area contributed by atoms with Crippen molar-refractivity contribution in [3.05, 3.63) is 34.9 Å². The molecule has 2 nitrogen and oxygen atoms in total. The summed E-state index contributed by atoms with van der Waals surface area (Å²) in [5, 5.41) is 0.646. The maximum absolute atomic E-state index is 11.7. The molecule has 0 aromatic heterocycles. The molecule has 0 N–H and O–H groups in total. The summed E-state index contributed by atoms with van der Waals surface area (Å²) in [6.07, 6.45) is 5.10. The average Bonchev–Trinajstić information content (AvgIpc) is 2.27. The second kappa shape index (κ2) is 6.18. The van der Waals surface area contributed by atoms with Gasteiger partial charge in [0.05, 0.1) is 0 Å². The van der Waals surface area contributed by atoms with Gasteiger partial charge >= 0.3 is 0 Å². The number of hydrogen-bond donors (Lipinski definition) is 0. The molecule has 0 spiro atoms. The molecule has 1 aromatic carbocycles. The summed E-state index contributed by atoms with van der Waals surface area (Å²) in [7, 11) is 0. The zero-order chi connectivity index (χ0) is 12.1. The lowest BCUT2D eigenvalue weighted by atomic mass is 9.83. The Morgan fingerprint density at radius 3 is 2.59 bits per heavy atom. The first kappa shape index (κ1) is 12.6. The quantitative estimate of drug-likeness (QED) is 0.570. The first-order valence-electron chi connectivity index (χ1n) is 6.12. The molecular weight excluding hydrogens is 236 g/mol. The van der Waals surface area contributed by atoms with Gasteiger partial charge in [0.25, 0.3) is 0 Å². The number of ketones is 1. The van der Waals surface area contributed by atoms with Gasteiger partial charge in [0.15, 0.2) is 5.78 Å². The molecule has 2 rings (SSSR count). The normalized spacial score (nSPS) is 15.6. The number of Topliss-reactive ketones (excluding diaryl/α,β-unsaturated/α-hetero) is 1. The highest BCUT2D eigenvalue weighted by Crippen LogP contribution is 2.29. The van der Waals surface area contributed by atoms with Gasteiger partial charge in [-0.2, -0.15) is 0 Å². The maximum Gasteiger partial charge on any atom is 0.188 e. The van der Waals surface area contributed by atoms with Crippen LogP contribution in [0.2, 0.25) is 5.02 Å². The zero-order valence-electron chi connectivity index (χ0n) is 9.82. The first-order valence-corrected chi connectivity index (χ1v) is 6.50. The molecule has 0 heterocycles. The van der Waals surface area contributed by atoms with Crippen LogP contribution in [-0.4, -0.2) is 19.0 Å². The van der Waals surface area contributed by atoms with Gasteiger partial charge in [-0.3, -0.25) is 4.79 Å². The molecule has 1 aromatic rings. The minimum absolute atomic E-state index is 0.0234. The first-order chi connectivity index (χ1) is 8.25. The van der Waals surface area contributed by atoms with Gasteiger partial charge in [0.1, 0.15) is 6.61 Å². The van der Waals surface area contributed by atoms with Crippen LogP contribution in [0.4, 0.5) is 0 Å². The Labute approximate surface area is 107 Å². The van der Waals surface area contributed by atoms with E-state index in [0.29, 0.717) is 17.2 Å². The van der Waals surface area contributed by atoms with Gasteiger partial charge in [-0.05, 0) is 36.6 Å². The standard InChI is InChI=1S/C14H17ClO2/c15-13-6-4-12(5-7-13)14(16)10-17-9-8-11-2-1-3-11/h4-7,11H,1-3,8-10H2. The molecular formula is C14H17ClO2. The Bertz CT molecular complexity index is 368. The number of rotatable bonds is 6. The van der Waals surface area contributed by atoms with E-state index in [0.717, 1.165) is 12.3 Å². The number of halogens is 1. The lowest BCUT2D eigenvalue weighted by Crippen LogP contribution is -2.16. The molecule has 92 valence electrons. The molecule has 0 aliphatic heterocycles. The molecule has 1 aliphatic carbocycles. The van der Waals surface area contributed by atoms with Gasteiger partial charge in [-0.1, -0.05) is 30.9 Å². The second-order valence-electron chi connectivity index (χ2n) is 4.57. The van der Waals surface area contributed by atoms with Crippen LogP contribution in [0.3, 0.4) is 0 Å². The molecule has 1 aliphatic rings. The lowest BCUT2D eigenvalue weighted by Gasteiger charge is -2.24. The van der Waals surface area contributed by atoms with Crippen molar-refractivity contribution in [1.82, 2.24) is 0 Å². The maximum atomic E-state index is 11.7. The number of carbonyl (C=O) groups is 1. The van der Waals surface area contributed by atoms with Crippen molar-refractivity contribution in [2.75, 3.05) is 13.2 Å². The summed E-state index contributed by atoms with van der Waals surface area (Å²) in [6.45, 7) is 0.873. The van der Waals surface area contributed by atoms with Crippen molar-refractivity contribution in [3.63, 3.8) is 0 Å². The minimum atomic E-state index is 0.0234. The molecule has 0 amide bonds. The summed E-state index contributed by atoms with van der Waals surface area (Å²) in [5.74, 6) is 0.857. The molecule has 0 atom stereocenters. The van der Waals surface area contributed by atoms with E-state index in [2.05, 4.69) is 0 Å². The van der Waals surface area contributed by atoms with Crippen LogP contribution >= 0.6 is 11.6 Å². The van der Waals surface area contributed by atoms with E-state index in [1.165, 1.54) is 19.3 Å². The van der Waals surface area contributed by atoms with Crippen molar-refractivity contribution < 1.29 is 9.53 Å². The van der Waals surface area contributed by atoms with E-state index < -0.39 is 0 Å². The van der Waals surface area contributed by atoms with E-state index in [1.54, 1.807) is 24.3 Å². The molecule has 0 radical (unpaired) electrons. The SMILES string of the molecule is O=C(COCCC1CCC1)c1ccc(Cl)cc1. The predicted molar refractivity (Wildman–Crippen MR) is 68.6 cm³/mol. The van der Waals surface area contributed by atoms with Crippen molar-refractivity contribution in [2.45, 2.75) is 25.7 Å². The van der Waals surface area contributed by atoms with E-state index in [4.69, 9.17) is 16.3 Å². The summed E-state index contributed by atoms with van der Waals surface area (Å²) in [4.78, 5) is 11.7. The van der Waals surface area contributed by atoms with Gasteiger partial charge in [-0.25, -0.2) is 0 Å². The summed E-state index contributed by atoms with van der Waals surface area (Å²) in [5.41, 5.74) is 0.665. The fraction of sp³-hybridized carbons (Fsp3) is 0.500. The summed E-state index contributed by atoms with van der Waals surface area (Å²) < 4.78 is 5.40. The summed E-state index contributed by atoms with van der Waals surface area (Å²) in [6, 6.07) is 6.92. The summed E-state index contributed by atoms with van der Waals surface area (Å²) >= 11 is 5.76. The topological polar surface area (TPSA) is 26.3 Å². The van der Waals surface area contributed by atoms with Crippen LogP contribution in [0, 0.1) is 5.92 Å². The van der Waals surface area contributed by atoms with E-state index in [9.17, 15) is 4.79 Å². The van der Waals surface area contributed by atoms with Gasteiger partial charge < -0.3 is 4.74 Å². The Morgan fingerprint density at radius 2 is 2.00 bits per heavy atom. The highest BCUT2D eigenvalue weighted by Gasteiger charge is 2.16. The highest BCUT2D eigenvalue weighted by atomic mass is 35.5. The van der Waals surface area contributed by atoms with E-state index in [1.807, 2.05) is 0 Å². The minimum Gasteiger partial charge on any atom is -0.373 e. The van der Waals surface area contributed by atoms with Crippen molar-refractivity contribution >= 4 is 17.4 Å².